The Bertz CT molecular complexity index is 595. The highest BCUT2D eigenvalue weighted by Gasteiger charge is 2.27. The fourth-order valence-corrected chi connectivity index (χ4v) is 3.55. The Kier molecular flexibility index (Phi) is 7.33. The Labute approximate surface area is 158 Å². The van der Waals surface area contributed by atoms with Gasteiger partial charge in [-0.05, 0) is 49.8 Å². The van der Waals surface area contributed by atoms with Crippen LogP contribution >= 0.6 is 0 Å². The molecule has 26 heavy (non-hydrogen) atoms. The molecular formula is C21H34N2O3. The molecule has 1 saturated carbocycles. The second kappa shape index (κ2) is 9.26. The SMILES string of the molecule is CCOc1cc(CNCC2(C)CCCC2)ccc1OC(C)C(=O)N(C)C. The standard InChI is InChI=1S/C21H34N2O3/c1-6-25-19-13-17(14-22-15-21(3)11-7-8-12-21)9-10-18(19)26-16(2)20(24)23(4)5/h9-10,13,16,22H,6-8,11-12,14-15H2,1-5H3. The van der Waals surface area contributed by atoms with Gasteiger partial charge in [-0.3, -0.25) is 4.79 Å². The second-order valence-electron chi connectivity index (χ2n) is 7.83. The van der Waals surface area contributed by atoms with Gasteiger partial charge in [0.15, 0.2) is 17.6 Å². The van der Waals surface area contributed by atoms with Crippen molar-refractivity contribution in [2.75, 3.05) is 27.2 Å². The van der Waals surface area contributed by atoms with Crippen LogP contribution in [0.2, 0.25) is 0 Å². The topological polar surface area (TPSA) is 50.8 Å². The molecule has 1 atom stereocenters. The molecule has 0 aliphatic heterocycles. The van der Waals surface area contributed by atoms with Crippen LogP contribution in [0.4, 0.5) is 0 Å². The third-order valence-electron chi connectivity index (χ3n) is 5.09. The molecule has 1 amide bonds. The monoisotopic (exact) mass is 362 g/mol. The minimum absolute atomic E-state index is 0.0667. The fraction of sp³-hybridized carbons (Fsp3) is 0.667. The van der Waals surface area contributed by atoms with E-state index < -0.39 is 6.10 Å². The third-order valence-corrected chi connectivity index (χ3v) is 5.09. The summed E-state index contributed by atoms with van der Waals surface area (Å²) in [4.78, 5) is 13.6. The Morgan fingerprint density at radius 2 is 1.96 bits per heavy atom. The number of carbonyl (C=O) groups is 1. The quantitative estimate of drug-likeness (QED) is 0.729. The van der Waals surface area contributed by atoms with E-state index in [0.29, 0.717) is 23.5 Å². The van der Waals surface area contributed by atoms with Crippen LogP contribution in [0.25, 0.3) is 0 Å². The number of hydrogen-bond acceptors (Lipinski definition) is 4. The Hall–Kier alpha value is -1.75. The first-order valence-electron chi connectivity index (χ1n) is 9.69. The summed E-state index contributed by atoms with van der Waals surface area (Å²) in [5, 5.41) is 3.59. The molecule has 1 unspecified atom stereocenters. The van der Waals surface area contributed by atoms with Gasteiger partial charge in [0.05, 0.1) is 6.61 Å². The second-order valence-corrected chi connectivity index (χ2v) is 7.83. The average Bonchev–Trinajstić information content (AvgIpc) is 3.03. The summed E-state index contributed by atoms with van der Waals surface area (Å²) in [6.07, 6.45) is 4.78. The number of benzene rings is 1. The predicted octanol–water partition coefficient (Wildman–Crippen LogP) is 3.61. The number of nitrogens with one attached hydrogen (secondary N) is 1. The van der Waals surface area contributed by atoms with Crippen molar-refractivity contribution >= 4 is 5.91 Å². The van der Waals surface area contributed by atoms with Gasteiger partial charge in [-0.1, -0.05) is 25.8 Å². The number of likely N-dealkylation sites (N-methyl/N-ethyl adjacent to an activating group) is 1. The van der Waals surface area contributed by atoms with Crippen LogP contribution in [-0.4, -0.2) is 44.2 Å². The molecule has 0 saturated heterocycles. The average molecular weight is 363 g/mol. The van der Waals surface area contributed by atoms with E-state index in [9.17, 15) is 4.79 Å². The molecule has 5 nitrogen and oxygen atoms in total. The van der Waals surface area contributed by atoms with Crippen LogP contribution in [0, 0.1) is 5.41 Å². The van der Waals surface area contributed by atoms with Gasteiger partial charge >= 0.3 is 0 Å². The fourth-order valence-electron chi connectivity index (χ4n) is 3.55. The van der Waals surface area contributed by atoms with E-state index >= 15 is 0 Å². The molecule has 0 aromatic heterocycles. The first-order valence-corrected chi connectivity index (χ1v) is 9.69. The lowest BCUT2D eigenvalue weighted by molar-refractivity contribution is -0.135. The number of rotatable bonds is 9. The van der Waals surface area contributed by atoms with Gasteiger partial charge in [-0.2, -0.15) is 0 Å². The molecule has 1 N–H and O–H groups in total. The van der Waals surface area contributed by atoms with Gasteiger partial charge < -0.3 is 19.7 Å². The maximum atomic E-state index is 12.0. The minimum atomic E-state index is -0.546. The van der Waals surface area contributed by atoms with E-state index in [1.807, 2.05) is 25.1 Å². The number of ether oxygens (including phenoxy) is 2. The largest absolute Gasteiger partial charge is 0.490 e. The molecule has 1 aliphatic carbocycles. The van der Waals surface area contributed by atoms with Crippen molar-refractivity contribution in [2.45, 2.75) is 59.1 Å². The van der Waals surface area contributed by atoms with Gasteiger partial charge in [-0.15, -0.1) is 0 Å². The Morgan fingerprint density at radius 3 is 2.58 bits per heavy atom. The molecule has 0 heterocycles. The van der Waals surface area contributed by atoms with E-state index in [1.54, 1.807) is 21.0 Å². The van der Waals surface area contributed by atoms with Crippen LogP contribution in [-0.2, 0) is 11.3 Å². The summed E-state index contributed by atoms with van der Waals surface area (Å²) in [6.45, 7) is 8.49. The lowest BCUT2D eigenvalue weighted by atomic mass is 9.89. The molecule has 5 heteroatoms. The summed E-state index contributed by atoms with van der Waals surface area (Å²) in [5.74, 6) is 1.24. The van der Waals surface area contributed by atoms with Crippen molar-refractivity contribution in [3.8, 4) is 11.5 Å². The smallest absolute Gasteiger partial charge is 0.262 e. The summed E-state index contributed by atoms with van der Waals surface area (Å²) >= 11 is 0. The molecule has 2 rings (SSSR count). The maximum absolute atomic E-state index is 12.0. The molecule has 0 bridgehead atoms. The molecule has 1 fully saturated rings. The number of hydrogen-bond donors (Lipinski definition) is 1. The first kappa shape index (κ1) is 20.6. The van der Waals surface area contributed by atoms with E-state index in [-0.39, 0.29) is 5.91 Å². The maximum Gasteiger partial charge on any atom is 0.262 e. The van der Waals surface area contributed by atoms with Crippen LogP contribution in [0.15, 0.2) is 18.2 Å². The van der Waals surface area contributed by atoms with Crippen LogP contribution in [0.5, 0.6) is 11.5 Å². The number of nitrogens with zero attached hydrogens (tertiary/aromatic N) is 1. The van der Waals surface area contributed by atoms with Gasteiger partial charge in [0, 0.05) is 27.2 Å². The van der Waals surface area contributed by atoms with Crippen LogP contribution in [0.3, 0.4) is 0 Å². The highest BCUT2D eigenvalue weighted by Crippen LogP contribution is 2.36. The van der Waals surface area contributed by atoms with E-state index in [0.717, 1.165) is 18.7 Å². The van der Waals surface area contributed by atoms with Crippen molar-refractivity contribution in [3.63, 3.8) is 0 Å². The van der Waals surface area contributed by atoms with Crippen molar-refractivity contribution in [3.05, 3.63) is 23.8 Å². The summed E-state index contributed by atoms with van der Waals surface area (Å²) in [7, 11) is 3.45. The summed E-state index contributed by atoms with van der Waals surface area (Å²) in [6, 6.07) is 5.95. The van der Waals surface area contributed by atoms with Crippen LogP contribution < -0.4 is 14.8 Å². The van der Waals surface area contributed by atoms with Gasteiger partial charge in [0.2, 0.25) is 0 Å². The van der Waals surface area contributed by atoms with Crippen molar-refractivity contribution in [1.29, 1.82) is 0 Å². The Morgan fingerprint density at radius 1 is 1.27 bits per heavy atom. The zero-order valence-corrected chi connectivity index (χ0v) is 16.9. The first-order chi connectivity index (χ1) is 12.3. The normalized spacial score (nSPS) is 17.0. The zero-order chi connectivity index (χ0) is 19.2. The van der Waals surface area contributed by atoms with E-state index in [1.165, 1.54) is 30.6 Å². The predicted molar refractivity (Wildman–Crippen MR) is 105 cm³/mol. The van der Waals surface area contributed by atoms with Crippen LogP contribution in [0.1, 0.15) is 52.0 Å². The van der Waals surface area contributed by atoms with E-state index in [2.05, 4.69) is 12.2 Å². The molecule has 0 radical (unpaired) electrons. The Balaban J connectivity index is 1.99. The lowest BCUT2D eigenvalue weighted by Crippen LogP contribution is -2.35. The zero-order valence-electron chi connectivity index (χ0n) is 16.9. The highest BCUT2D eigenvalue weighted by atomic mass is 16.5. The van der Waals surface area contributed by atoms with Crippen molar-refractivity contribution < 1.29 is 14.3 Å². The third kappa shape index (κ3) is 5.63. The van der Waals surface area contributed by atoms with Crippen molar-refractivity contribution in [2.24, 2.45) is 5.41 Å². The van der Waals surface area contributed by atoms with Gasteiger partial charge in [-0.25, -0.2) is 0 Å². The molecular weight excluding hydrogens is 328 g/mol. The molecule has 1 aromatic carbocycles. The number of amides is 1. The molecule has 146 valence electrons. The molecule has 1 aromatic rings. The van der Waals surface area contributed by atoms with Gasteiger partial charge in [0.1, 0.15) is 0 Å². The van der Waals surface area contributed by atoms with Gasteiger partial charge in [0.25, 0.3) is 5.91 Å². The lowest BCUT2D eigenvalue weighted by Gasteiger charge is -2.24. The molecule has 1 aliphatic rings. The van der Waals surface area contributed by atoms with Crippen molar-refractivity contribution in [1.82, 2.24) is 10.2 Å². The summed E-state index contributed by atoms with van der Waals surface area (Å²) in [5.41, 5.74) is 1.60. The summed E-state index contributed by atoms with van der Waals surface area (Å²) < 4.78 is 11.6. The van der Waals surface area contributed by atoms with E-state index in [4.69, 9.17) is 9.47 Å². The minimum Gasteiger partial charge on any atom is -0.490 e. The number of carbonyl (C=O) groups excluding carboxylic acids is 1. The highest BCUT2D eigenvalue weighted by molar-refractivity contribution is 5.80. The molecule has 0 spiro atoms.